The van der Waals surface area contributed by atoms with Crippen molar-refractivity contribution in [3.63, 3.8) is 0 Å². The predicted octanol–water partition coefficient (Wildman–Crippen LogP) is 2.00. The Morgan fingerprint density at radius 3 is 2.37 bits per heavy atom. The van der Waals surface area contributed by atoms with Gasteiger partial charge in [0.05, 0.1) is 12.6 Å². The standard InChI is InChI=1S/C15H22N2O2/c1-15(2,14(16)18)17-13(10-4-5-10)11-6-8-12(19-3)9-7-11/h6-10,13,17H,4-5H2,1-3H3,(H2,16,18). The van der Waals surface area contributed by atoms with Gasteiger partial charge in [-0.15, -0.1) is 0 Å². The van der Waals surface area contributed by atoms with Gasteiger partial charge in [-0.2, -0.15) is 0 Å². The maximum absolute atomic E-state index is 11.5. The van der Waals surface area contributed by atoms with E-state index in [4.69, 9.17) is 10.5 Å². The molecule has 0 heterocycles. The monoisotopic (exact) mass is 262 g/mol. The fourth-order valence-electron chi connectivity index (χ4n) is 2.17. The highest BCUT2D eigenvalue weighted by Gasteiger charge is 2.37. The van der Waals surface area contributed by atoms with E-state index in [1.54, 1.807) is 7.11 Å². The van der Waals surface area contributed by atoms with E-state index in [2.05, 4.69) is 5.32 Å². The molecule has 1 aromatic rings. The van der Waals surface area contributed by atoms with Crippen LogP contribution in [0.25, 0.3) is 0 Å². The quantitative estimate of drug-likeness (QED) is 0.824. The van der Waals surface area contributed by atoms with Gasteiger partial charge in [0.1, 0.15) is 5.75 Å². The van der Waals surface area contributed by atoms with Gasteiger partial charge in [-0.05, 0) is 50.3 Å². The Balaban J connectivity index is 2.17. The van der Waals surface area contributed by atoms with E-state index in [0.717, 1.165) is 5.75 Å². The maximum Gasteiger partial charge on any atom is 0.237 e. The molecular weight excluding hydrogens is 240 g/mol. The number of carbonyl (C=O) groups is 1. The molecule has 0 spiro atoms. The molecule has 1 fully saturated rings. The Bertz CT molecular complexity index is 450. The van der Waals surface area contributed by atoms with Crippen molar-refractivity contribution in [1.29, 1.82) is 0 Å². The number of methoxy groups -OCH3 is 1. The lowest BCUT2D eigenvalue weighted by Crippen LogP contribution is -2.52. The van der Waals surface area contributed by atoms with Crippen LogP contribution in [-0.4, -0.2) is 18.6 Å². The average Bonchev–Trinajstić information content (AvgIpc) is 3.20. The van der Waals surface area contributed by atoms with Gasteiger partial charge in [0.15, 0.2) is 0 Å². The van der Waals surface area contributed by atoms with Crippen molar-refractivity contribution in [2.24, 2.45) is 11.7 Å². The summed E-state index contributed by atoms with van der Waals surface area (Å²) < 4.78 is 5.17. The van der Waals surface area contributed by atoms with E-state index in [1.807, 2.05) is 38.1 Å². The number of carbonyl (C=O) groups excluding carboxylic acids is 1. The largest absolute Gasteiger partial charge is 0.497 e. The summed E-state index contributed by atoms with van der Waals surface area (Å²) in [5.74, 6) is 1.10. The third-order valence-corrected chi connectivity index (χ3v) is 3.70. The van der Waals surface area contributed by atoms with Crippen LogP contribution >= 0.6 is 0 Å². The van der Waals surface area contributed by atoms with Crippen molar-refractivity contribution < 1.29 is 9.53 Å². The normalized spacial score (nSPS) is 17.0. The number of nitrogens with one attached hydrogen (secondary N) is 1. The van der Waals surface area contributed by atoms with Crippen molar-refractivity contribution in [2.45, 2.75) is 38.3 Å². The van der Waals surface area contributed by atoms with Crippen molar-refractivity contribution in [1.82, 2.24) is 5.32 Å². The minimum atomic E-state index is -0.701. The van der Waals surface area contributed by atoms with Crippen LogP contribution in [0, 0.1) is 5.92 Å². The molecule has 4 nitrogen and oxygen atoms in total. The number of benzene rings is 1. The highest BCUT2D eigenvalue weighted by Crippen LogP contribution is 2.42. The number of hydrogen-bond donors (Lipinski definition) is 2. The number of amides is 1. The number of hydrogen-bond acceptors (Lipinski definition) is 3. The molecule has 0 aliphatic heterocycles. The molecular formula is C15H22N2O2. The van der Waals surface area contributed by atoms with Crippen LogP contribution < -0.4 is 15.8 Å². The molecule has 1 aliphatic carbocycles. The lowest BCUT2D eigenvalue weighted by molar-refractivity contribution is -0.123. The Kier molecular flexibility index (Phi) is 3.80. The number of nitrogens with two attached hydrogens (primary N) is 1. The second-order valence-electron chi connectivity index (χ2n) is 5.72. The number of rotatable bonds is 6. The molecule has 1 aliphatic rings. The SMILES string of the molecule is COc1ccc(C(NC(C)(C)C(N)=O)C2CC2)cc1. The first kappa shape index (κ1) is 13.9. The summed E-state index contributed by atoms with van der Waals surface area (Å²) in [4.78, 5) is 11.5. The molecule has 0 bridgehead atoms. The van der Waals surface area contributed by atoms with E-state index in [9.17, 15) is 4.79 Å². The number of ether oxygens (including phenoxy) is 1. The Morgan fingerprint density at radius 2 is 1.95 bits per heavy atom. The molecule has 1 unspecified atom stereocenters. The van der Waals surface area contributed by atoms with Gasteiger partial charge >= 0.3 is 0 Å². The molecule has 1 saturated carbocycles. The molecule has 2 rings (SSSR count). The van der Waals surface area contributed by atoms with Crippen LogP contribution in [0.3, 0.4) is 0 Å². The first-order chi connectivity index (χ1) is 8.94. The minimum Gasteiger partial charge on any atom is -0.497 e. The average molecular weight is 262 g/mol. The van der Waals surface area contributed by atoms with Crippen molar-refractivity contribution in [3.05, 3.63) is 29.8 Å². The highest BCUT2D eigenvalue weighted by molar-refractivity contribution is 5.83. The summed E-state index contributed by atoms with van der Waals surface area (Å²) in [6.07, 6.45) is 2.39. The summed E-state index contributed by atoms with van der Waals surface area (Å²) >= 11 is 0. The molecule has 1 atom stereocenters. The molecule has 4 heteroatoms. The van der Waals surface area contributed by atoms with Gasteiger partial charge in [0, 0.05) is 6.04 Å². The highest BCUT2D eigenvalue weighted by atomic mass is 16.5. The van der Waals surface area contributed by atoms with E-state index >= 15 is 0 Å². The van der Waals surface area contributed by atoms with E-state index in [-0.39, 0.29) is 11.9 Å². The molecule has 19 heavy (non-hydrogen) atoms. The van der Waals surface area contributed by atoms with E-state index in [1.165, 1.54) is 18.4 Å². The maximum atomic E-state index is 11.5. The van der Waals surface area contributed by atoms with Crippen molar-refractivity contribution >= 4 is 5.91 Å². The fraction of sp³-hybridized carbons (Fsp3) is 0.533. The zero-order valence-electron chi connectivity index (χ0n) is 11.8. The van der Waals surface area contributed by atoms with Gasteiger partial charge < -0.3 is 10.5 Å². The molecule has 0 aromatic heterocycles. The second kappa shape index (κ2) is 5.21. The van der Waals surface area contributed by atoms with Crippen molar-refractivity contribution in [3.8, 4) is 5.75 Å². The summed E-state index contributed by atoms with van der Waals surface area (Å²) in [6.45, 7) is 3.66. The third kappa shape index (κ3) is 3.26. The van der Waals surface area contributed by atoms with Gasteiger partial charge in [0.2, 0.25) is 5.91 Å². The van der Waals surface area contributed by atoms with Crippen LogP contribution in [0.15, 0.2) is 24.3 Å². The zero-order chi connectivity index (χ0) is 14.0. The van der Waals surface area contributed by atoms with E-state index < -0.39 is 5.54 Å². The topological polar surface area (TPSA) is 64.3 Å². The Labute approximate surface area is 114 Å². The molecule has 1 aromatic carbocycles. The summed E-state index contributed by atoms with van der Waals surface area (Å²) in [5, 5.41) is 3.39. The zero-order valence-corrected chi connectivity index (χ0v) is 11.8. The lowest BCUT2D eigenvalue weighted by atomic mass is 9.96. The number of primary amides is 1. The summed E-state index contributed by atoms with van der Waals surface area (Å²) in [5.41, 5.74) is 5.92. The van der Waals surface area contributed by atoms with Gasteiger partial charge in [-0.25, -0.2) is 0 Å². The first-order valence-corrected chi connectivity index (χ1v) is 6.65. The van der Waals surface area contributed by atoms with Crippen molar-refractivity contribution in [2.75, 3.05) is 7.11 Å². The van der Waals surface area contributed by atoms with Gasteiger partial charge in [-0.1, -0.05) is 12.1 Å². The summed E-state index contributed by atoms with van der Waals surface area (Å²) in [7, 11) is 1.65. The Morgan fingerprint density at radius 1 is 1.37 bits per heavy atom. The molecule has 1 amide bonds. The minimum absolute atomic E-state index is 0.174. The molecule has 3 N–H and O–H groups in total. The van der Waals surface area contributed by atoms with Crippen LogP contribution in [0.4, 0.5) is 0 Å². The molecule has 104 valence electrons. The smallest absolute Gasteiger partial charge is 0.237 e. The van der Waals surface area contributed by atoms with Gasteiger partial charge in [0.25, 0.3) is 0 Å². The van der Waals surface area contributed by atoms with Crippen LogP contribution in [0.1, 0.15) is 38.3 Å². The summed E-state index contributed by atoms with van der Waals surface area (Å²) in [6, 6.07) is 8.17. The van der Waals surface area contributed by atoms with Crippen LogP contribution in [-0.2, 0) is 4.79 Å². The molecule has 0 radical (unpaired) electrons. The van der Waals surface area contributed by atoms with Crippen LogP contribution in [0.2, 0.25) is 0 Å². The lowest BCUT2D eigenvalue weighted by Gasteiger charge is -2.29. The van der Waals surface area contributed by atoms with Gasteiger partial charge in [-0.3, -0.25) is 10.1 Å². The second-order valence-corrected chi connectivity index (χ2v) is 5.72. The predicted molar refractivity (Wildman–Crippen MR) is 74.9 cm³/mol. The Hall–Kier alpha value is -1.55. The van der Waals surface area contributed by atoms with E-state index in [0.29, 0.717) is 5.92 Å². The van der Waals surface area contributed by atoms with Crippen LogP contribution in [0.5, 0.6) is 5.75 Å². The first-order valence-electron chi connectivity index (χ1n) is 6.65. The molecule has 0 saturated heterocycles. The third-order valence-electron chi connectivity index (χ3n) is 3.70. The fourth-order valence-corrected chi connectivity index (χ4v) is 2.17.